The van der Waals surface area contributed by atoms with Crippen LogP contribution in [0, 0.1) is 11.8 Å². The fourth-order valence-corrected chi connectivity index (χ4v) is 3.90. The summed E-state index contributed by atoms with van der Waals surface area (Å²) in [6.45, 7) is 8.04. The van der Waals surface area contributed by atoms with E-state index in [2.05, 4.69) is 36.3 Å². The molecule has 2 rings (SSSR count). The molecule has 1 saturated heterocycles. The molecule has 1 aromatic heterocycles. The minimum atomic E-state index is -0.171. The number of nitrogens with zero attached hydrogens (tertiary/aromatic N) is 3. The first kappa shape index (κ1) is 17.8. The summed E-state index contributed by atoms with van der Waals surface area (Å²) in [6.07, 6.45) is 3.50. The van der Waals surface area contributed by atoms with Gasteiger partial charge in [0.25, 0.3) is 0 Å². The molecule has 2 atom stereocenters. The average molecular weight is 338 g/mol. The highest BCUT2D eigenvalue weighted by molar-refractivity contribution is 7.15. The van der Waals surface area contributed by atoms with Gasteiger partial charge in [0, 0.05) is 32.4 Å². The summed E-state index contributed by atoms with van der Waals surface area (Å²) in [7, 11) is 0. The van der Waals surface area contributed by atoms with Crippen LogP contribution in [0.5, 0.6) is 0 Å². The van der Waals surface area contributed by atoms with Crippen LogP contribution in [0.3, 0.4) is 0 Å². The molecule has 0 spiro atoms. The van der Waals surface area contributed by atoms with Gasteiger partial charge in [-0.05, 0) is 24.7 Å². The Hall–Kier alpha value is -1.50. The number of aryl methyl sites for hydroxylation is 1. The molecule has 23 heavy (non-hydrogen) atoms. The molecular formula is C16H26N4O2S. The van der Waals surface area contributed by atoms with E-state index in [1.54, 1.807) is 0 Å². The quantitative estimate of drug-likeness (QED) is 0.865. The number of hydrogen-bond donors (Lipinski definition) is 1. The zero-order chi connectivity index (χ0) is 16.8. The van der Waals surface area contributed by atoms with Gasteiger partial charge in [-0.2, -0.15) is 0 Å². The van der Waals surface area contributed by atoms with Gasteiger partial charge in [0.15, 0.2) is 0 Å². The Kier molecular flexibility index (Phi) is 6.50. The van der Waals surface area contributed by atoms with Crippen molar-refractivity contribution in [2.75, 3.05) is 18.4 Å². The zero-order valence-electron chi connectivity index (χ0n) is 14.2. The monoisotopic (exact) mass is 338 g/mol. The van der Waals surface area contributed by atoms with Crippen LogP contribution in [0.15, 0.2) is 0 Å². The third-order valence-electron chi connectivity index (χ3n) is 3.96. The fourth-order valence-electron chi connectivity index (χ4n) is 3.05. The molecule has 0 radical (unpaired) electrons. The first-order valence-corrected chi connectivity index (χ1v) is 9.19. The molecule has 1 N–H and O–H groups in total. The van der Waals surface area contributed by atoms with Gasteiger partial charge in [-0.3, -0.25) is 9.59 Å². The number of hydrogen-bond acceptors (Lipinski definition) is 5. The number of anilines is 1. The summed E-state index contributed by atoms with van der Waals surface area (Å²) in [5, 5.41) is 12.2. The molecule has 0 aromatic carbocycles. The van der Waals surface area contributed by atoms with Crippen molar-refractivity contribution < 1.29 is 9.59 Å². The van der Waals surface area contributed by atoms with Crippen LogP contribution < -0.4 is 5.32 Å². The van der Waals surface area contributed by atoms with Crippen molar-refractivity contribution in [3.8, 4) is 0 Å². The van der Waals surface area contributed by atoms with E-state index in [-0.39, 0.29) is 24.7 Å². The van der Waals surface area contributed by atoms with E-state index in [0.717, 1.165) is 30.9 Å². The van der Waals surface area contributed by atoms with Crippen molar-refractivity contribution in [2.24, 2.45) is 11.8 Å². The van der Waals surface area contributed by atoms with Crippen LogP contribution in [0.2, 0.25) is 0 Å². The topological polar surface area (TPSA) is 75.2 Å². The van der Waals surface area contributed by atoms with Crippen molar-refractivity contribution in [1.29, 1.82) is 0 Å². The first-order valence-electron chi connectivity index (χ1n) is 8.38. The molecule has 1 aromatic rings. The standard InChI is InChI=1S/C16H26N4O2S/c1-4-5-14-18-19-16(23-14)17-13(21)6-7-15(22)20-9-11(2)8-12(3)10-20/h11-12H,4-10H2,1-3H3,(H,17,19,21)/t11-,12-/m1/s1. The number of amides is 2. The van der Waals surface area contributed by atoms with Gasteiger partial charge in [0.2, 0.25) is 16.9 Å². The van der Waals surface area contributed by atoms with E-state index in [1.165, 1.54) is 17.8 Å². The van der Waals surface area contributed by atoms with Gasteiger partial charge >= 0.3 is 0 Å². The lowest BCUT2D eigenvalue weighted by atomic mass is 9.91. The summed E-state index contributed by atoms with van der Waals surface area (Å²) >= 11 is 1.40. The second-order valence-corrected chi connectivity index (χ2v) is 7.61. The van der Waals surface area contributed by atoms with Crippen LogP contribution in [0.4, 0.5) is 5.13 Å². The SMILES string of the molecule is CCCc1nnc(NC(=O)CCC(=O)N2C[C@H](C)C[C@@H](C)C2)s1. The Morgan fingerprint density at radius 1 is 1.22 bits per heavy atom. The molecule has 2 amide bonds. The lowest BCUT2D eigenvalue weighted by Gasteiger charge is -2.35. The maximum Gasteiger partial charge on any atom is 0.226 e. The van der Waals surface area contributed by atoms with Crippen LogP contribution in [-0.4, -0.2) is 40.0 Å². The number of carbonyl (C=O) groups is 2. The zero-order valence-corrected chi connectivity index (χ0v) is 15.0. The van der Waals surface area contributed by atoms with Gasteiger partial charge in [-0.15, -0.1) is 10.2 Å². The largest absolute Gasteiger partial charge is 0.342 e. The number of nitrogens with one attached hydrogen (secondary N) is 1. The van der Waals surface area contributed by atoms with Crippen molar-refractivity contribution >= 4 is 28.3 Å². The molecule has 0 bridgehead atoms. The fraction of sp³-hybridized carbons (Fsp3) is 0.750. The minimum absolute atomic E-state index is 0.0717. The third kappa shape index (κ3) is 5.57. The summed E-state index contributed by atoms with van der Waals surface area (Å²) in [4.78, 5) is 26.1. The van der Waals surface area contributed by atoms with Gasteiger partial charge in [-0.1, -0.05) is 32.1 Å². The van der Waals surface area contributed by atoms with E-state index < -0.39 is 0 Å². The van der Waals surface area contributed by atoms with Gasteiger partial charge < -0.3 is 10.2 Å². The van der Waals surface area contributed by atoms with E-state index in [0.29, 0.717) is 17.0 Å². The molecule has 1 aliphatic rings. The molecule has 0 aliphatic carbocycles. The highest BCUT2D eigenvalue weighted by Crippen LogP contribution is 2.22. The Morgan fingerprint density at radius 3 is 2.57 bits per heavy atom. The molecule has 0 saturated carbocycles. The Labute approximate surface area is 141 Å². The Bertz CT molecular complexity index is 536. The van der Waals surface area contributed by atoms with Crippen molar-refractivity contribution in [1.82, 2.24) is 15.1 Å². The van der Waals surface area contributed by atoms with Gasteiger partial charge in [0.1, 0.15) is 5.01 Å². The number of rotatable bonds is 6. The second kappa shape index (κ2) is 8.38. The van der Waals surface area contributed by atoms with E-state index in [4.69, 9.17) is 0 Å². The Morgan fingerprint density at radius 2 is 1.91 bits per heavy atom. The van der Waals surface area contributed by atoms with Crippen molar-refractivity contribution in [3.63, 3.8) is 0 Å². The second-order valence-electron chi connectivity index (χ2n) is 6.54. The molecule has 7 heteroatoms. The van der Waals surface area contributed by atoms with Gasteiger partial charge in [-0.25, -0.2) is 0 Å². The molecule has 0 unspecified atom stereocenters. The van der Waals surface area contributed by atoms with Crippen LogP contribution in [-0.2, 0) is 16.0 Å². The van der Waals surface area contributed by atoms with Gasteiger partial charge in [0.05, 0.1) is 0 Å². The summed E-state index contributed by atoms with van der Waals surface area (Å²) in [6, 6.07) is 0. The smallest absolute Gasteiger partial charge is 0.226 e. The Balaban J connectivity index is 1.75. The predicted molar refractivity (Wildman–Crippen MR) is 91.3 cm³/mol. The maximum atomic E-state index is 12.3. The van der Waals surface area contributed by atoms with E-state index >= 15 is 0 Å². The van der Waals surface area contributed by atoms with Crippen LogP contribution in [0.25, 0.3) is 0 Å². The molecule has 6 nitrogen and oxygen atoms in total. The molecule has 1 fully saturated rings. The number of carbonyl (C=O) groups excluding carboxylic acids is 2. The first-order chi connectivity index (χ1) is 11.0. The normalized spacial score (nSPS) is 21.3. The highest BCUT2D eigenvalue weighted by Gasteiger charge is 2.25. The molecular weight excluding hydrogens is 312 g/mol. The minimum Gasteiger partial charge on any atom is -0.342 e. The maximum absolute atomic E-state index is 12.3. The van der Waals surface area contributed by atoms with Crippen molar-refractivity contribution in [2.45, 2.75) is 52.9 Å². The number of likely N-dealkylation sites (tertiary alicyclic amines) is 1. The average Bonchev–Trinajstić information content (AvgIpc) is 2.91. The molecule has 2 heterocycles. The molecule has 128 valence electrons. The van der Waals surface area contributed by atoms with Crippen LogP contribution >= 0.6 is 11.3 Å². The number of piperidine rings is 1. The van der Waals surface area contributed by atoms with Crippen LogP contribution in [0.1, 0.15) is 51.5 Å². The third-order valence-corrected chi connectivity index (χ3v) is 4.86. The summed E-state index contributed by atoms with van der Waals surface area (Å²) in [5.41, 5.74) is 0. The van der Waals surface area contributed by atoms with E-state index in [9.17, 15) is 9.59 Å². The van der Waals surface area contributed by atoms with E-state index in [1.807, 2.05) is 4.90 Å². The summed E-state index contributed by atoms with van der Waals surface area (Å²) in [5.74, 6) is 0.975. The van der Waals surface area contributed by atoms with Crippen molar-refractivity contribution in [3.05, 3.63) is 5.01 Å². The highest BCUT2D eigenvalue weighted by atomic mass is 32.1. The lowest BCUT2D eigenvalue weighted by Crippen LogP contribution is -2.42. The predicted octanol–water partition coefficient (Wildman–Crippen LogP) is 2.71. The summed E-state index contributed by atoms with van der Waals surface area (Å²) < 4.78 is 0. The number of aromatic nitrogens is 2. The lowest BCUT2D eigenvalue weighted by molar-refractivity contribution is -0.135. The molecule has 1 aliphatic heterocycles.